The van der Waals surface area contributed by atoms with Gasteiger partial charge in [0.2, 0.25) is 0 Å². The van der Waals surface area contributed by atoms with Crippen molar-refractivity contribution in [3.63, 3.8) is 0 Å². The quantitative estimate of drug-likeness (QED) is 0.764. The van der Waals surface area contributed by atoms with Gasteiger partial charge in [-0.3, -0.25) is 0 Å². The van der Waals surface area contributed by atoms with Gasteiger partial charge in [0.15, 0.2) is 0 Å². The lowest BCUT2D eigenvalue weighted by molar-refractivity contribution is 0.00821. The van der Waals surface area contributed by atoms with Crippen LogP contribution in [0.5, 0.6) is 0 Å². The van der Waals surface area contributed by atoms with Crippen molar-refractivity contribution in [1.29, 1.82) is 5.26 Å². The molecule has 0 aromatic heterocycles. The van der Waals surface area contributed by atoms with Gasteiger partial charge in [0.25, 0.3) is 0 Å². The van der Waals surface area contributed by atoms with Crippen LogP contribution in [0, 0.1) is 11.3 Å². The molecule has 0 radical (unpaired) electrons. The fourth-order valence-electron chi connectivity index (χ4n) is 2.20. The van der Waals surface area contributed by atoms with Crippen molar-refractivity contribution >= 4 is 11.4 Å². The van der Waals surface area contributed by atoms with Crippen LogP contribution >= 0.6 is 0 Å². The van der Waals surface area contributed by atoms with E-state index in [2.05, 4.69) is 16.3 Å². The minimum absolute atomic E-state index is 0.481. The molecule has 4 heteroatoms. The smallest absolute Gasteiger partial charge is 0.0992 e. The van der Waals surface area contributed by atoms with E-state index in [0.717, 1.165) is 37.7 Å². The lowest BCUT2D eigenvalue weighted by Crippen LogP contribution is -2.52. The highest BCUT2D eigenvalue weighted by Gasteiger charge is 2.29. The summed E-state index contributed by atoms with van der Waals surface area (Å²) < 4.78 is 5.23. The minimum Gasteiger partial charge on any atom is -0.382 e. The molecule has 16 heavy (non-hydrogen) atoms. The molecule has 0 unspecified atom stereocenters. The Morgan fingerprint density at radius 2 is 2.31 bits per heavy atom. The zero-order valence-corrected chi connectivity index (χ0v) is 8.94. The summed E-state index contributed by atoms with van der Waals surface area (Å²) in [6, 6.07) is 8.47. The molecule has 2 heterocycles. The summed E-state index contributed by atoms with van der Waals surface area (Å²) in [5.41, 5.74) is 2.98. The van der Waals surface area contributed by atoms with Crippen LogP contribution in [-0.2, 0) is 4.74 Å². The number of nitrogens with one attached hydrogen (secondary N) is 1. The summed E-state index contributed by atoms with van der Waals surface area (Å²) in [6.07, 6.45) is 0. The number of nitriles is 1. The lowest BCUT2D eigenvalue weighted by Gasteiger charge is -2.42. The van der Waals surface area contributed by atoms with E-state index >= 15 is 0 Å². The third-order valence-corrected chi connectivity index (χ3v) is 3.17. The molecule has 3 rings (SSSR count). The van der Waals surface area contributed by atoms with Crippen molar-refractivity contribution < 1.29 is 4.74 Å². The molecule has 1 fully saturated rings. The Balaban J connectivity index is 1.98. The Hall–Kier alpha value is -1.73. The van der Waals surface area contributed by atoms with Gasteiger partial charge in [0.1, 0.15) is 0 Å². The van der Waals surface area contributed by atoms with E-state index in [-0.39, 0.29) is 0 Å². The van der Waals surface area contributed by atoms with Gasteiger partial charge in [-0.1, -0.05) is 0 Å². The van der Waals surface area contributed by atoms with Gasteiger partial charge in [-0.2, -0.15) is 5.26 Å². The van der Waals surface area contributed by atoms with Crippen LogP contribution in [-0.4, -0.2) is 32.3 Å². The Bertz CT molecular complexity index is 448. The molecule has 0 amide bonds. The van der Waals surface area contributed by atoms with Crippen molar-refractivity contribution in [2.75, 3.05) is 36.5 Å². The number of rotatable bonds is 1. The van der Waals surface area contributed by atoms with Gasteiger partial charge in [0.05, 0.1) is 42.3 Å². The second-order valence-electron chi connectivity index (χ2n) is 4.16. The maximum atomic E-state index is 8.92. The maximum Gasteiger partial charge on any atom is 0.0992 e. The van der Waals surface area contributed by atoms with Crippen molar-refractivity contribution in [2.24, 2.45) is 0 Å². The van der Waals surface area contributed by atoms with Crippen LogP contribution in [0.2, 0.25) is 0 Å². The van der Waals surface area contributed by atoms with Gasteiger partial charge < -0.3 is 15.0 Å². The maximum absolute atomic E-state index is 8.92. The van der Waals surface area contributed by atoms with E-state index in [1.165, 1.54) is 0 Å². The Morgan fingerprint density at radius 3 is 3.00 bits per heavy atom. The summed E-state index contributed by atoms with van der Waals surface area (Å²) >= 11 is 0. The first-order chi connectivity index (χ1) is 7.88. The number of anilines is 2. The molecule has 0 aliphatic carbocycles. The predicted molar refractivity (Wildman–Crippen MR) is 61.6 cm³/mol. The number of hydrogen-bond donors (Lipinski definition) is 1. The second-order valence-corrected chi connectivity index (χ2v) is 4.16. The number of hydrogen-bond acceptors (Lipinski definition) is 4. The molecule has 82 valence electrons. The molecule has 0 atom stereocenters. The van der Waals surface area contributed by atoms with E-state index in [1.807, 2.05) is 18.2 Å². The topological polar surface area (TPSA) is 48.3 Å². The number of ether oxygens (including phenoxy) is 1. The number of benzene rings is 1. The summed E-state index contributed by atoms with van der Waals surface area (Å²) in [7, 11) is 0. The van der Waals surface area contributed by atoms with Crippen LogP contribution in [0.25, 0.3) is 0 Å². The summed E-state index contributed by atoms with van der Waals surface area (Å²) in [5.74, 6) is 0. The van der Waals surface area contributed by atoms with Crippen LogP contribution < -0.4 is 10.2 Å². The highest BCUT2D eigenvalue weighted by Crippen LogP contribution is 2.32. The molecular weight excluding hydrogens is 202 g/mol. The van der Waals surface area contributed by atoms with Crippen LogP contribution in [0.4, 0.5) is 11.4 Å². The third kappa shape index (κ3) is 1.41. The predicted octanol–water partition coefficient (Wildman–Crippen LogP) is 1.19. The average Bonchev–Trinajstić information content (AvgIpc) is 2.27. The largest absolute Gasteiger partial charge is 0.382 e. The zero-order valence-electron chi connectivity index (χ0n) is 8.94. The highest BCUT2D eigenvalue weighted by molar-refractivity contribution is 5.74. The van der Waals surface area contributed by atoms with E-state index in [1.54, 1.807) is 0 Å². The van der Waals surface area contributed by atoms with Crippen molar-refractivity contribution in [3.8, 4) is 6.07 Å². The lowest BCUT2D eigenvalue weighted by atomic mass is 10.1. The molecule has 1 saturated heterocycles. The van der Waals surface area contributed by atoms with E-state index in [9.17, 15) is 0 Å². The second kappa shape index (κ2) is 3.69. The first-order valence-corrected chi connectivity index (χ1v) is 5.51. The Morgan fingerprint density at radius 1 is 1.44 bits per heavy atom. The minimum atomic E-state index is 0.481. The van der Waals surface area contributed by atoms with E-state index in [4.69, 9.17) is 10.00 Å². The molecule has 0 bridgehead atoms. The fraction of sp³-hybridized carbons (Fsp3) is 0.417. The first kappa shape index (κ1) is 9.49. The monoisotopic (exact) mass is 215 g/mol. The SMILES string of the molecule is N#Cc1ccc2c(c1)N(C1COC1)CCN2. The molecule has 2 aliphatic rings. The van der Waals surface area contributed by atoms with Gasteiger partial charge in [0, 0.05) is 13.1 Å². The third-order valence-electron chi connectivity index (χ3n) is 3.17. The van der Waals surface area contributed by atoms with Crippen molar-refractivity contribution in [3.05, 3.63) is 23.8 Å². The highest BCUT2D eigenvalue weighted by atomic mass is 16.5. The molecular formula is C12H13N3O. The summed E-state index contributed by atoms with van der Waals surface area (Å²) in [6.45, 7) is 3.54. The van der Waals surface area contributed by atoms with Crippen molar-refractivity contribution in [1.82, 2.24) is 0 Å². The zero-order chi connectivity index (χ0) is 11.0. The summed E-state index contributed by atoms with van der Waals surface area (Å²) in [5, 5.41) is 12.3. The van der Waals surface area contributed by atoms with Gasteiger partial charge in [-0.25, -0.2) is 0 Å². The molecule has 0 saturated carbocycles. The molecule has 4 nitrogen and oxygen atoms in total. The van der Waals surface area contributed by atoms with E-state index < -0.39 is 0 Å². The number of fused-ring (bicyclic) bond motifs is 1. The Labute approximate surface area is 94.4 Å². The molecule has 0 spiro atoms. The Kier molecular flexibility index (Phi) is 2.19. The fourth-order valence-corrected chi connectivity index (χ4v) is 2.20. The van der Waals surface area contributed by atoms with Crippen LogP contribution in [0.15, 0.2) is 18.2 Å². The average molecular weight is 215 g/mol. The van der Waals surface area contributed by atoms with Gasteiger partial charge in [-0.05, 0) is 18.2 Å². The number of nitrogens with zero attached hydrogens (tertiary/aromatic N) is 2. The van der Waals surface area contributed by atoms with Crippen LogP contribution in [0.3, 0.4) is 0 Å². The molecule has 1 aromatic rings. The van der Waals surface area contributed by atoms with Crippen molar-refractivity contribution in [2.45, 2.75) is 6.04 Å². The first-order valence-electron chi connectivity index (χ1n) is 5.51. The molecule has 2 aliphatic heterocycles. The van der Waals surface area contributed by atoms with Crippen LogP contribution in [0.1, 0.15) is 5.56 Å². The van der Waals surface area contributed by atoms with E-state index in [0.29, 0.717) is 11.6 Å². The molecule has 1 N–H and O–H groups in total. The molecule has 1 aromatic carbocycles. The van der Waals surface area contributed by atoms with Gasteiger partial charge in [-0.15, -0.1) is 0 Å². The normalized spacial score (nSPS) is 19.3. The standard InChI is InChI=1S/C12H13N3O/c13-6-9-1-2-11-12(5-9)15(4-3-14-11)10-7-16-8-10/h1-2,5,10,14H,3-4,7-8H2. The summed E-state index contributed by atoms with van der Waals surface area (Å²) in [4.78, 5) is 2.34. The van der Waals surface area contributed by atoms with Gasteiger partial charge >= 0.3 is 0 Å².